The fraction of sp³-hybridized carbons (Fsp3) is 0.650. The second kappa shape index (κ2) is 9.17. The van der Waals surface area contributed by atoms with Gasteiger partial charge in [-0.15, -0.1) is 0 Å². The highest BCUT2D eigenvalue weighted by Crippen LogP contribution is 2.22. The van der Waals surface area contributed by atoms with Crippen molar-refractivity contribution < 1.29 is 13.2 Å². The molecule has 2 aliphatic rings. The largest absolute Gasteiger partial charge is 0.325 e. The molecule has 2 fully saturated rings. The molecule has 0 unspecified atom stereocenters. The lowest BCUT2D eigenvalue weighted by Gasteiger charge is -2.30. The number of piperidine rings is 1. The Morgan fingerprint density at radius 1 is 1.04 bits per heavy atom. The van der Waals surface area contributed by atoms with E-state index in [0.29, 0.717) is 36.1 Å². The van der Waals surface area contributed by atoms with Crippen molar-refractivity contribution in [3.05, 3.63) is 24.3 Å². The molecule has 0 aromatic heterocycles. The maximum atomic E-state index is 12.8. The molecule has 0 radical (unpaired) electrons. The van der Waals surface area contributed by atoms with E-state index in [0.717, 1.165) is 45.2 Å². The lowest BCUT2D eigenvalue weighted by atomic mass is 10.0. The number of carbonyl (C=O) groups excluding carboxylic acids is 1. The Kier molecular flexibility index (Phi) is 6.89. The molecule has 1 atom stereocenters. The van der Waals surface area contributed by atoms with Crippen molar-refractivity contribution in [1.29, 1.82) is 0 Å². The van der Waals surface area contributed by atoms with Gasteiger partial charge >= 0.3 is 0 Å². The molecule has 2 saturated heterocycles. The molecule has 1 aromatic carbocycles. The van der Waals surface area contributed by atoms with Gasteiger partial charge in [-0.2, -0.15) is 4.31 Å². The third-order valence-corrected chi connectivity index (χ3v) is 7.36. The number of amides is 1. The van der Waals surface area contributed by atoms with Crippen molar-refractivity contribution in [1.82, 2.24) is 9.21 Å². The summed E-state index contributed by atoms with van der Waals surface area (Å²) in [4.78, 5) is 14.8. The predicted octanol–water partition coefficient (Wildman–Crippen LogP) is 2.92. The topological polar surface area (TPSA) is 69.7 Å². The fourth-order valence-corrected chi connectivity index (χ4v) is 5.49. The van der Waals surface area contributed by atoms with Crippen molar-refractivity contribution in [3.8, 4) is 0 Å². The number of nitrogens with zero attached hydrogens (tertiary/aromatic N) is 2. The van der Waals surface area contributed by atoms with Gasteiger partial charge in [0, 0.05) is 25.3 Å². The second-order valence-corrected chi connectivity index (χ2v) is 9.81. The quantitative estimate of drug-likeness (QED) is 0.835. The first-order chi connectivity index (χ1) is 12.9. The van der Waals surface area contributed by atoms with Gasteiger partial charge in [-0.05, 0) is 62.4 Å². The number of hydrogen-bond donors (Lipinski definition) is 1. The van der Waals surface area contributed by atoms with E-state index in [4.69, 9.17) is 0 Å². The first kappa shape index (κ1) is 20.3. The molecule has 6 nitrogen and oxygen atoms in total. The van der Waals surface area contributed by atoms with Gasteiger partial charge in [-0.1, -0.05) is 19.8 Å². The van der Waals surface area contributed by atoms with Crippen molar-refractivity contribution in [2.24, 2.45) is 5.92 Å². The van der Waals surface area contributed by atoms with E-state index in [1.807, 2.05) is 0 Å². The molecule has 0 saturated carbocycles. The van der Waals surface area contributed by atoms with Crippen molar-refractivity contribution >= 4 is 21.6 Å². The van der Waals surface area contributed by atoms with E-state index in [9.17, 15) is 13.2 Å². The molecule has 1 amide bonds. The van der Waals surface area contributed by atoms with Crippen LogP contribution in [0.1, 0.15) is 45.4 Å². The highest BCUT2D eigenvalue weighted by Gasteiger charge is 2.25. The molecule has 0 bridgehead atoms. The summed E-state index contributed by atoms with van der Waals surface area (Å²) in [7, 11) is -3.45. The van der Waals surface area contributed by atoms with E-state index in [1.165, 1.54) is 6.42 Å². The van der Waals surface area contributed by atoms with Crippen LogP contribution in [-0.4, -0.2) is 56.3 Å². The van der Waals surface area contributed by atoms with Crippen LogP contribution in [0.4, 0.5) is 5.69 Å². The molecule has 2 heterocycles. The van der Waals surface area contributed by atoms with Gasteiger partial charge in [-0.3, -0.25) is 9.69 Å². The van der Waals surface area contributed by atoms with Gasteiger partial charge in [-0.25, -0.2) is 8.42 Å². The number of anilines is 1. The van der Waals surface area contributed by atoms with Crippen LogP contribution in [0.15, 0.2) is 29.2 Å². The van der Waals surface area contributed by atoms with Crippen molar-refractivity contribution in [3.63, 3.8) is 0 Å². The third-order valence-electron chi connectivity index (χ3n) is 5.45. The standard InChI is InChI=1S/C20H31N3O3S/c1-17-7-6-12-22(15-17)16-20(24)21-18-8-10-19(11-9-18)27(25,26)23-13-4-2-3-5-14-23/h8-11,17H,2-7,12-16H2,1H3,(H,21,24)/t17-/m0/s1. The Labute approximate surface area is 163 Å². The molecule has 0 aliphatic carbocycles. The first-order valence-electron chi connectivity index (χ1n) is 10.1. The van der Waals surface area contributed by atoms with Crippen LogP contribution < -0.4 is 5.32 Å². The van der Waals surface area contributed by atoms with Gasteiger partial charge in [0.05, 0.1) is 11.4 Å². The molecule has 7 heteroatoms. The highest BCUT2D eigenvalue weighted by atomic mass is 32.2. The minimum Gasteiger partial charge on any atom is -0.325 e. The van der Waals surface area contributed by atoms with Crippen LogP contribution in [-0.2, 0) is 14.8 Å². The van der Waals surface area contributed by atoms with Crippen LogP contribution in [0.25, 0.3) is 0 Å². The average Bonchev–Trinajstić information content (AvgIpc) is 2.92. The molecular formula is C20H31N3O3S. The summed E-state index contributed by atoms with van der Waals surface area (Å²) in [5.74, 6) is 0.585. The number of carbonyl (C=O) groups is 1. The average molecular weight is 394 g/mol. The number of nitrogens with one attached hydrogen (secondary N) is 1. The maximum absolute atomic E-state index is 12.8. The van der Waals surface area contributed by atoms with Gasteiger partial charge in [0.25, 0.3) is 0 Å². The second-order valence-electron chi connectivity index (χ2n) is 7.87. The fourth-order valence-electron chi connectivity index (χ4n) is 3.98. The Morgan fingerprint density at radius 2 is 1.70 bits per heavy atom. The Balaban J connectivity index is 1.58. The summed E-state index contributed by atoms with van der Waals surface area (Å²) in [6.07, 6.45) is 6.38. The van der Waals surface area contributed by atoms with Crippen molar-refractivity contribution in [2.45, 2.75) is 50.3 Å². The monoisotopic (exact) mass is 393 g/mol. The summed E-state index contributed by atoms with van der Waals surface area (Å²) in [6.45, 7) is 5.71. The summed E-state index contributed by atoms with van der Waals surface area (Å²) in [6, 6.07) is 6.56. The maximum Gasteiger partial charge on any atom is 0.243 e. The summed E-state index contributed by atoms with van der Waals surface area (Å²) < 4.78 is 27.2. The van der Waals surface area contributed by atoms with Crippen LogP contribution in [0.2, 0.25) is 0 Å². The molecule has 150 valence electrons. The van der Waals surface area contributed by atoms with Crippen LogP contribution >= 0.6 is 0 Å². The zero-order valence-corrected chi connectivity index (χ0v) is 17.0. The minimum atomic E-state index is -3.45. The number of rotatable bonds is 5. The molecule has 3 rings (SSSR count). The Bertz CT molecular complexity index is 725. The molecule has 2 aliphatic heterocycles. The van der Waals surface area contributed by atoms with E-state index in [-0.39, 0.29) is 5.91 Å². The number of likely N-dealkylation sites (tertiary alicyclic amines) is 1. The van der Waals surface area contributed by atoms with E-state index >= 15 is 0 Å². The van der Waals surface area contributed by atoms with Crippen molar-refractivity contribution in [2.75, 3.05) is 38.0 Å². The van der Waals surface area contributed by atoms with Gasteiger partial charge < -0.3 is 5.32 Å². The van der Waals surface area contributed by atoms with Crippen LogP contribution in [0, 0.1) is 5.92 Å². The summed E-state index contributed by atoms with van der Waals surface area (Å²) in [5.41, 5.74) is 0.639. The molecular weight excluding hydrogens is 362 g/mol. The van der Waals surface area contributed by atoms with Crippen LogP contribution in [0.5, 0.6) is 0 Å². The van der Waals surface area contributed by atoms with E-state index < -0.39 is 10.0 Å². The SMILES string of the molecule is C[C@H]1CCCN(CC(=O)Nc2ccc(S(=O)(=O)N3CCCCCC3)cc2)C1. The third kappa shape index (κ3) is 5.53. The van der Waals surface area contributed by atoms with Gasteiger partial charge in [0.2, 0.25) is 15.9 Å². The highest BCUT2D eigenvalue weighted by molar-refractivity contribution is 7.89. The molecule has 1 N–H and O–H groups in total. The Hall–Kier alpha value is -1.44. The Morgan fingerprint density at radius 3 is 2.33 bits per heavy atom. The van der Waals surface area contributed by atoms with Crippen LogP contribution in [0.3, 0.4) is 0 Å². The zero-order chi connectivity index (χ0) is 19.3. The minimum absolute atomic E-state index is 0.0489. The lowest BCUT2D eigenvalue weighted by molar-refractivity contribution is -0.117. The van der Waals surface area contributed by atoms with Gasteiger partial charge in [0.15, 0.2) is 0 Å². The normalized spacial score (nSPS) is 22.9. The van der Waals surface area contributed by atoms with E-state index in [1.54, 1.807) is 28.6 Å². The summed E-state index contributed by atoms with van der Waals surface area (Å²) >= 11 is 0. The molecule has 1 aromatic rings. The zero-order valence-electron chi connectivity index (χ0n) is 16.2. The smallest absolute Gasteiger partial charge is 0.243 e. The predicted molar refractivity (Wildman–Crippen MR) is 107 cm³/mol. The summed E-state index contributed by atoms with van der Waals surface area (Å²) in [5, 5.41) is 2.88. The molecule has 0 spiro atoms. The first-order valence-corrected chi connectivity index (χ1v) is 11.5. The van der Waals surface area contributed by atoms with Gasteiger partial charge in [0.1, 0.15) is 0 Å². The lowest BCUT2D eigenvalue weighted by Crippen LogP contribution is -2.39. The number of hydrogen-bond acceptors (Lipinski definition) is 4. The number of benzene rings is 1. The molecule has 27 heavy (non-hydrogen) atoms. The number of sulfonamides is 1. The van der Waals surface area contributed by atoms with E-state index in [2.05, 4.69) is 17.1 Å².